The van der Waals surface area contributed by atoms with Crippen LogP contribution in [0.15, 0.2) is 6.20 Å². The summed E-state index contributed by atoms with van der Waals surface area (Å²) in [6, 6.07) is 0. The largest absolute Gasteiger partial charge is 0.324 e. The van der Waals surface area contributed by atoms with Gasteiger partial charge in [-0.05, 0) is 32.6 Å². The van der Waals surface area contributed by atoms with Crippen LogP contribution in [0.3, 0.4) is 0 Å². The molecule has 3 N–H and O–H groups in total. The Balaban J connectivity index is 1.74. The van der Waals surface area contributed by atoms with Gasteiger partial charge in [-0.25, -0.2) is 4.98 Å². The Kier molecular flexibility index (Phi) is 3.09. The van der Waals surface area contributed by atoms with E-state index in [-0.39, 0.29) is 5.54 Å². The Morgan fingerprint density at radius 1 is 1.67 bits per heavy atom. The SMILES string of the molecule is Cc1cnc(CNCC(C)(N)C2CC2)s1. The summed E-state index contributed by atoms with van der Waals surface area (Å²) in [5.74, 6) is 0.725. The first-order chi connectivity index (χ1) is 7.08. The fraction of sp³-hybridized carbons (Fsp3) is 0.727. The Bertz CT molecular complexity index is 328. The third-order valence-electron chi connectivity index (χ3n) is 2.96. The number of aryl methyl sites for hydroxylation is 1. The van der Waals surface area contributed by atoms with Crippen molar-refractivity contribution < 1.29 is 0 Å². The van der Waals surface area contributed by atoms with Gasteiger partial charge in [0.05, 0.1) is 0 Å². The second kappa shape index (κ2) is 4.20. The van der Waals surface area contributed by atoms with Gasteiger partial charge in [-0.2, -0.15) is 0 Å². The molecule has 15 heavy (non-hydrogen) atoms. The van der Waals surface area contributed by atoms with Gasteiger partial charge in [0, 0.05) is 29.7 Å². The number of nitrogens with zero attached hydrogens (tertiary/aromatic N) is 1. The molecule has 1 atom stereocenters. The molecular formula is C11H19N3S. The molecule has 1 fully saturated rings. The van der Waals surface area contributed by atoms with Crippen LogP contribution in [0.5, 0.6) is 0 Å². The van der Waals surface area contributed by atoms with Gasteiger partial charge in [0.25, 0.3) is 0 Å². The highest BCUT2D eigenvalue weighted by molar-refractivity contribution is 7.11. The van der Waals surface area contributed by atoms with Gasteiger partial charge >= 0.3 is 0 Å². The van der Waals surface area contributed by atoms with E-state index >= 15 is 0 Å². The van der Waals surface area contributed by atoms with Crippen LogP contribution in [0.25, 0.3) is 0 Å². The fourth-order valence-electron chi connectivity index (χ4n) is 1.81. The van der Waals surface area contributed by atoms with E-state index in [1.165, 1.54) is 17.7 Å². The van der Waals surface area contributed by atoms with Crippen molar-refractivity contribution in [2.75, 3.05) is 6.54 Å². The van der Waals surface area contributed by atoms with E-state index < -0.39 is 0 Å². The van der Waals surface area contributed by atoms with Crippen molar-refractivity contribution in [2.45, 2.75) is 38.8 Å². The van der Waals surface area contributed by atoms with Crippen LogP contribution in [-0.2, 0) is 6.54 Å². The minimum atomic E-state index is -0.0354. The number of hydrogen-bond acceptors (Lipinski definition) is 4. The normalized spacial score (nSPS) is 20.2. The van der Waals surface area contributed by atoms with E-state index in [2.05, 4.69) is 24.1 Å². The lowest BCUT2D eigenvalue weighted by Crippen LogP contribution is -2.47. The van der Waals surface area contributed by atoms with Gasteiger partial charge in [-0.1, -0.05) is 0 Å². The predicted octanol–water partition coefficient (Wildman–Crippen LogP) is 1.67. The van der Waals surface area contributed by atoms with Crippen molar-refractivity contribution in [3.63, 3.8) is 0 Å². The minimum absolute atomic E-state index is 0.0354. The number of nitrogens with one attached hydrogen (secondary N) is 1. The summed E-state index contributed by atoms with van der Waals surface area (Å²) in [6.07, 6.45) is 4.51. The molecule has 1 heterocycles. The maximum Gasteiger partial charge on any atom is 0.107 e. The molecule has 0 aromatic carbocycles. The molecule has 1 aliphatic rings. The number of nitrogens with two attached hydrogens (primary N) is 1. The zero-order chi connectivity index (χ0) is 10.9. The van der Waals surface area contributed by atoms with Gasteiger partial charge in [-0.15, -0.1) is 11.3 Å². The average molecular weight is 225 g/mol. The molecule has 0 radical (unpaired) electrons. The summed E-state index contributed by atoms with van der Waals surface area (Å²) in [4.78, 5) is 5.58. The van der Waals surface area contributed by atoms with Crippen molar-refractivity contribution in [3.8, 4) is 0 Å². The Morgan fingerprint density at radius 3 is 2.93 bits per heavy atom. The topological polar surface area (TPSA) is 50.9 Å². The lowest BCUT2D eigenvalue weighted by molar-refractivity contribution is 0.380. The van der Waals surface area contributed by atoms with E-state index in [4.69, 9.17) is 5.73 Å². The van der Waals surface area contributed by atoms with Crippen LogP contribution in [0.1, 0.15) is 29.7 Å². The van der Waals surface area contributed by atoms with Crippen molar-refractivity contribution >= 4 is 11.3 Å². The number of aromatic nitrogens is 1. The highest BCUT2D eigenvalue weighted by atomic mass is 32.1. The van der Waals surface area contributed by atoms with E-state index in [1.807, 2.05) is 6.20 Å². The van der Waals surface area contributed by atoms with Gasteiger partial charge in [0.1, 0.15) is 5.01 Å². The quantitative estimate of drug-likeness (QED) is 0.801. The second-order valence-corrected chi connectivity index (χ2v) is 6.07. The lowest BCUT2D eigenvalue weighted by atomic mass is 9.97. The van der Waals surface area contributed by atoms with E-state index in [9.17, 15) is 0 Å². The monoisotopic (exact) mass is 225 g/mol. The summed E-state index contributed by atoms with van der Waals surface area (Å²) < 4.78 is 0. The molecule has 0 amide bonds. The summed E-state index contributed by atoms with van der Waals surface area (Å²) in [7, 11) is 0. The first-order valence-electron chi connectivity index (χ1n) is 5.49. The van der Waals surface area contributed by atoms with Crippen molar-refractivity contribution in [1.82, 2.24) is 10.3 Å². The van der Waals surface area contributed by atoms with Gasteiger partial charge in [0.2, 0.25) is 0 Å². The van der Waals surface area contributed by atoms with Gasteiger partial charge in [-0.3, -0.25) is 0 Å². The van der Waals surface area contributed by atoms with Crippen molar-refractivity contribution in [2.24, 2.45) is 11.7 Å². The van der Waals surface area contributed by atoms with Crippen LogP contribution >= 0.6 is 11.3 Å². The second-order valence-electron chi connectivity index (χ2n) is 4.75. The molecule has 1 saturated carbocycles. The maximum absolute atomic E-state index is 6.21. The van der Waals surface area contributed by atoms with E-state index in [0.29, 0.717) is 0 Å². The summed E-state index contributed by atoms with van der Waals surface area (Å²) in [5, 5.41) is 4.55. The molecule has 84 valence electrons. The highest BCUT2D eigenvalue weighted by Crippen LogP contribution is 2.37. The molecule has 1 unspecified atom stereocenters. The molecule has 0 bridgehead atoms. The smallest absolute Gasteiger partial charge is 0.107 e. The molecule has 0 saturated heterocycles. The molecule has 1 aromatic heterocycles. The van der Waals surface area contributed by atoms with Crippen LogP contribution in [0.4, 0.5) is 0 Å². The molecular weight excluding hydrogens is 206 g/mol. The summed E-state index contributed by atoms with van der Waals surface area (Å²) in [5.41, 5.74) is 6.18. The number of hydrogen-bond donors (Lipinski definition) is 2. The zero-order valence-electron chi connectivity index (χ0n) is 9.42. The lowest BCUT2D eigenvalue weighted by Gasteiger charge is -2.24. The first-order valence-corrected chi connectivity index (χ1v) is 6.30. The maximum atomic E-state index is 6.21. The third kappa shape index (κ3) is 3.00. The number of rotatable bonds is 5. The number of thiazole rings is 1. The standard InChI is InChI=1S/C11H19N3S/c1-8-5-14-10(15-8)6-13-7-11(2,12)9-3-4-9/h5,9,13H,3-4,6-7,12H2,1-2H3. The summed E-state index contributed by atoms with van der Waals surface area (Å²) in [6.45, 7) is 5.96. The molecule has 1 aromatic rings. The van der Waals surface area contributed by atoms with E-state index in [0.717, 1.165) is 24.0 Å². The molecule has 0 spiro atoms. The first kappa shape index (κ1) is 11.0. The predicted molar refractivity (Wildman–Crippen MR) is 63.9 cm³/mol. The third-order valence-corrected chi connectivity index (χ3v) is 3.87. The van der Waals surface area contributed by atoms with Crippen molar-refractivity contribution in [1.29, 1.82) is 0 Å². The van der Waals surface area contributed by atoms with Crippen molar-refractivity contribution in [3.05, 3.63) is 16.1 Å². The Labute approximate surface area is 95.1 Å². The average Bonchev–Trinajstić information content (AvgIpc) is 2.92. The van der Waals surface area contributed by atoms with Crippen LogP contribution in [-0.4, -0.2) is 17.1 Å². The van der Waals surface area contributed by atoms with Crippen LogP contribution in [0.2, 0.25) is 0 Å². The highest BCUT2D eigenvalue weighted by Gasteiger charge is 2.37. The molecule has 4 heteroatoms. The molecule has 3 nitrogen and oxygen atoms in total. The summed E-state index contributed by atoms with van der Waals surface area (Å²) >= 11 is 1.75. The molecule has 2 rings (SSSR count). The Hall–Kier alpha value is -0.450. The minimum Gasteiger partial charge on any atom is -0.324 e. The fourth-order valence-corrected chi connectivity index (χ4v) is 2.57. The van der Waals surface area contributed by atoms with Crippen LogP contribution < -0.4 is 11.1 Å². The zero-order valence-corrected chi connectivity index (χ0v) is 10.2. The van der Waals surface area contributed by atoms with Gasteiger partial charge < -0.3 is 11.1 Å². The van der Waals surface area contributed by atoms with Gasteiger partial charge in [0.15, 0.2) is 0 Å². The molecule has 0 aliphatic heterocycles. The van der Waals surface area contributed by atoms with E-state index in [1.54, 1.807) is 11.3 Å². The Morgan fingerprint density at radius 2 is 2.40 bits per heavy atom. The van der Waals surface area contributed by atoms with Crippen LogP contribution in [0, 0.1) is 12.8 Å². The molecule has 1 aliphatic carbocycles.